The van der Waals surface area contributed by atoms with Crippen molar-refractivity contribution in [2.45, 2.75) is 6.04 Å². The second-order valence-corrected chi connectivity index (χ2v) is 6.45. The Hall–Kier alpha value is -3.12. The summed E-state index contributed by atoms with van der Waals surface area (Å²) in [6.45, 7) is 0. The summed E-state index contributed by atoms with van der Waals surface area (Å²) in [7, 11) is 0. The van der Waals surface area contributed by atoms with Gasteiger partial charge in [0.2, 0.25) is 5.78 Å². The van der Waals surface area contributed by atoms with E-state index >= 15 is 0 Å². The predicted octanol–water partition coefficient (Wildman–Crippen LogP) is 4.12. The van der Waals surface area contributed by atoms with Gasteiger partial charge >= 0.3 is 0 Å². The third-order valence-electron chi connectivity index (χ3n) is 4.04. The van der Waals surface area contributed by atoms with Crippen LogP contribution < -0.4 is 4.90 Å². The van der Waals surface area contributed by atoms with Crippen LogP contribution in [0.25, 0.3) is 0 Å². The molecule has 0 aliphatic carbocycles. The van der Waals surface area contributed by atoms with Crippen molar-refractivity contribution in [3.63, 3.8) is 0 Å². The second kappa shape index (κ2) is 6.07. The standard InChI is InChI=1S/C19H13NO4S/c21-17(14-9-5-11-25-14)15-16(13-8-4-10-24-13)20(19(23)18(15)22)12-6-2-1-3-7-12/h1-11,16,22H/t16-/m0/s1. The lowest BCUT2D eigenvalue weighted by molar-refractivity contribution is -0.117. The van der Waals surface area contributed by atoms with Gasteiger partial charge in [-0.3, -0.25) is 14.5 Å². The van der Waals surface area contributed by atoms with Gasteiger partial charge in [-0.2, -0.15) is 0 Å². The van der Waals surface area contributed by atoms with Crippen LogP contribution in [0.2, 0.25) is 0 Å². The molecule has 3 heterocycles. The summed E-state index contributed by atoms with van der Waals surface area (Å²) in [5.74, 6) is -1.11. The topological polar surface area (TPSA) is 70.8 Å². The smallest absolute Gasteiger partial charge is 0.294 e. The van der Waals surface area contributed by atoms with Gasteiger partial charge in [-0.05, 0) is 35.7 Å². The minimum Gasteiger partial charge on any atom is -0.503 e. The SMILES string of the molecule is O=C(C1=C(O)C(=O)N(c2ccccc2)[C@H]1c1ccco1)c1cccs1. The number of benzene rings is 1. The Morgan fingerprint density at radius 3 is 2.52 bits per heavy atom. The van der Waals surface area contributed by atoms with Gasteiger partial charge in [-0.1, -0.05) is 24.3 Å². The van der Waals surface area contributed by atoms with Crippen LogP contribution in [0.4, 0.5) is 5.69 Å². The van der Waals surface area contributed by atoms with Crippen molar-refractivity contribution < 1.29 is 19.1 Å². The molecule has 0 fully saturated rings. The Morgan fingerprint density at radius 1 is 1.08 bits per heavy atom. The first-order valence-electron chi connectivity index (χ1n) is 7.62. The third kappa shape index (κ3) is 2.47. The third-order valence-corrected chi connectivity index (χ3v) is 4.91. The first-order chi connectivity index (χ1) is 12.2. The number of hydrogen-bond donors (Lipinski definition) is 1. The van der Waals surface area contributed by atoms with Crippen LogP contribution >= 0.6 is 11.3 Å². The summed E-state index contributed by atoms with van der Waals surface area (Å²) < 4.78 is 5.48. The molecule has 2 aromatic heterocycles. The van der Waals surface area contributed by atoms with E-state index in [9.17, 15) is 14.7 Å². The molecule has 0 saturated carbocycles. The summed E-state index contributed by atoms with van der Waals surface area (Å²) in [4.78, 5) is 27.5. The molecule has 1 atom stereocenters. The maximum absolute atomic E-state index is 12.9. The molecule has 6 heteroatoms. The highest BCUT2D eigenvalue weighted by Crippen LogP contribution is 2.42. The molecule has 1 aliphatic rings. The van der Waals surface area contributed by atoms with Gasteiger partial charge in [-0.15, -0.1) is 11.3 Å². The average molecular weight is 351 g/mol. The Labute approximate surface area is 147 Å². The summed E-state index contributed by atoms with van der Waals surface area (Å²) in [5, 5.41) is 12.2. The molecule has 5 nitrogen and oxygen atoms in total. The summed E-state index contributed by atoms with van der Waals surface area (Å²) in [6, 6.07) is 14.9. The van der Waals surface area contributed by atoms with E-state index < -0.39 is 17.7 Å². The molecule has 0 bridgehead atoms. The fourth-order valence-electron chi connectivity index (χ4n) is 2.95. The van der Waals surface area contributed by atoms with E-state index in [1.54, 1.807) is 53.9 Å². The molecule has 25 heavy (non-hydrogen) atoms. The number of Topliss-reactive ketones (excluding diaryl/α,β-unsaturated/α-hetero) is 1. The Morgan fingerprint density at radius 2 is 1.88 bits per heavy atom. The molecule has 4 rings (SSSR count). The minimum absolute atomic E-state index is 0.0336. The number of amides is 1. The van der Waals surface area contributed by atoms with Gasteiger partial charge in [0, 0.05) is 5.69 Å². The summed E-state index contributed by atoms with van der Waals surface area (Å²) in [6.07, 6.45) is 1.48. The highest BCUT2D eigenvalue weighted by molar-refractivity contribution is 7.12. The quantitative estimate of drug-likeness (QED) is 0.718. The first-order valence-corrected chi connectivity index (χ1v) is 8.50. The maximum Gasteiger partial charge on any atom is 0.294 e. The number of thiophene rings is 1. The lowest BCUT2D eigenvalue weighted by atomic mass is 10.00. The van der Waals surface area contributed by atoms with E-state index in [4.69, 9.17) is 4.42 Å². The summed E-state index contributed by atoms with van der Waals surface area (Å²) >= 11 is 1.26. The van der Waals surface area contributed by atoms with Crippen molar-refractivity contribution in [1.82, 2.24) is 0 Å². The van der Waals surface area contributed by atoms with Crippen molar-refractivity contribution in [2.75, 3.05) is 4.90 Å². The second-order valence-electron chi connectivity index (χ2n) is 5.50. The zero-order chi connectivity index (χ0) is 17.4. The monoisotopic (exact) mass is 351 g/mol. The van der Waals surface area contributed by atoms with Gasteiger partial charge in [0.25, 0.3) is 5.91 Å². The van der Waals surface area contributed by atoms with E-state index in [1.165, 1.54) is 22.5 Å². The predicted molar refractivity (Wildman–Crippen MR) is 93.7 cm³/mol. The van der Waals surface area contributed by atoms with Crippen LogP contribution in [0.3, 0.4) is 0 Å². The normalized spacial score (nSPS) is 17.4. The van der Waals surface area contributed by atoms with E-state index in [1.807, 2.05) is 6.07 Å². The molecule has 0 radical (unpaired) electrons. The molecule has 1 aliphatic heterocycles. The molecule has 124 valence electrons. The van der Waals surface area contributed by atoms with Gasteiger partial charge in [0.15, 0.2) is 5.76 Å². The zero-order valence-electron chi connectivity index (χ0n) is 13.0. The average Bonchev–Trinajstić information content (AvgIpc) is 3.37. The lowest BCUT2D eigenvalue weighted by Gasteiger charge is -2.24. The van der Waals surface area contributed by atoms with Crippen LogP contribution in [0, 0.1) is 0 Å². The van der Waals surface area contributed by atoms with E-state index in [2.05, 4.69) is 0 Å². The number of nitrogens with zero attached hydrogens (tertiary/aromatic N) is 1. The molecule has 1 N–H and O–H groups in total. The number of carbonyl (C=O) groups excluding carboxylic acids is 2. The van der Waals surface area contributed by atoms with Crippen molar-refractivity contribution in [3.8, 4) is 0 Å². The number of aliphatic hydroxyl groups is 1. The number of para-hydroxylation sites is 1. The van der Waals surface area contributed by atoms with Crippen LogP contribution in [0.5, 0.6) is 0 Å². The van der Waals surface area contributed by atoms with Crippen LogP contribution in [-0.2, 0) is 4.79 Å². The Kier molecular flexibility index (Phi) is 3.74. The molecule has 1 amide bonds. The molecule has 0 unspecified atom stereocenters. The molecular formula is C19H13NO4S. The van der Waals surface area contributed by atoms with E-state index in [0.29, 0.717) is 16.3 Å². The highest BCUT2D eigenvalue weighted by atomic mass is 32.1. The van der Waals surface area contributed by atoms with Crippen LogP contribution in [-0.4, -0.2) is 16.8 Å². The van der Waals surface area contributed by atoms with Crippen molar-refractivity contribution in [2.24, 2.45) is 0 Å². The highest BCUT2D eigenvalue weighted by Gasteiger charge is 2.46. The maximum atomic E-state index is 12.9. The van der Waals surface area contributed by atoms with Crippen molar-refractivity contribution in [3.05, 3.63) is 88.2 Å². The number of ketones is 1. The van der Waals surface area contributed by atoms with Crippen LogP contribution in [0.15, 0.2) is 82.0 Å². The van der Waals surface area contributed by atoms with Gasteiger partial charge in [0.05, 0.1) is 16.7 Å². The van der Waals surface area contributed by atoms with Gasteiger partial charge in [0.1, 0.15) is 11.8 Å². The van der Waals surface area contributed by atoms with Crippen molar-refractivity contribution >= 4 is 28.7 Å². The van der Waals surface area contributed by atoms with E-state index in [-0.39, 0.29) is 11.4 Å². The van der Waals surface area contributed by atoms with Crippen LogP contribution in [0.1, 0.15) is 21.5 Å². The van der Waals surface area contributed by atoms with Gasteiger partial charge in [-0.25, -0.2) is 0 Å². The molecule has 0 saturated heterocycles. The van der Waals surface area contributed by atoms with Gasteiger partial charge < -0.3 is 9.52 Å². The molecule has 3 aromatic rings. The molecule has 0 spiro atoms. The van der Waals surface area contributed by atoms with Crippen molar-refractivity contribution in [1.29, 1.82) is 0 Å². The molecule has 1 aromatic carbocycles. The number of furan rings is 1. The van der Waals surface area contributed by atoms with E-state index in [0.717, 1.165) is 0 Å². The number of hydrogen-bond acceptors (Lipinski definition) is 5. The number of rotatable bonds is 4. The Bertz CT molecular complexity index is 943. The Balaban J connectivity index is 1.87. The summed E-state index contributed by atoms with van der Waals surface area (Å²) in [5.41, 5.74) is 0.612. The zero-order valence-corrected chi connectivity index (χ0v) is 13.8. The largest absolute Gasteiger partial charge is 0.503 e. The number of carbonyl (C=O) groups is 2. The number of aliphatic hydroxyl groups excluding tert-OH is 1. The minimum atomic E-state index is -0.806. The fraction of sp³-hybridized carbons (Fsp3) is 0.0526. The first kappa shape index (κ1) is 15.4. The fourth-order valence-corrected chi connectivity index (χ4v) is 3.63. The lowest BCUT2D eigenvalue weighted by Crippen LogP contribution is -2.30. The molecular weight excluding hydrogens is 338 g/mol. The number of anilines is 1.